The van der Waals surface area contributed by atoms with Crippen molar-refractivity contribution in [2.24, 2.45) is 0 Å². The molecule has 2 aromatic heterocycles. The number of aromatic nitrogens is 4. The number of hydrogen-bond acceptors (Lipinski definition) is 6. The third-order valence-electron chi connectivity index (χ3n) is 3.19. The standard InChI is InChI=1S/C14H12ClN5O3/c1-9-12(20(21)22)7-19(18-9)8-14-17-16-13(23-14)6-10-2-4-11(15)5-3-10/h2-5,7H,6,8H2,1H3. The zero-order valence-electron chi connectivity index (χ0n) is 12.1. The fraction of sp³-hybridized carbons (Fsp3) is 0.214. The van der Waals surface area contributed by atoms with Crippen LogP contribution in [0.3, 0.4) is 0 Å². The van der Waals surface area contributed by atoms with Crippen molar-refractivity contribution >= 4 is 17.3 Å². The molecule has 0 amide bonds. The Morgan fingerprint density at radius 3 is 2.61 bits per heavy atom. The Morgan fingerprint density at radius 1 is 1.26 bits per heavy atom. The van der Waals surface area contributed by atoms with Gasteiger partial charge in [-0.05, 0) is 24.6 Å². The van der Waals surface area contributed by atoms with Crippen molar-refractivity contribution in [2.75, 3.05) is 0 Å². The number of nitrogens with zero attached hydrogens (tertiary/aromatic N) is 5. The SMILES string of the molecule is Cc1nn(Cc2nnc(Cc3ccc(Cl)cc3)o2)cc1[N+](=O)[O-]. The lowest BCUT2D eigenvalue weighted by Gasteiger charge is -1.97. The third-order valence-corrected chi connectivity index (χ3v) is 3.44. The van der Waals surface area contributed by atoms with Crippen molar-refractivity contribution < 1.29 is 9.34 Å². The first kappa shape index (κ1) is 15.2. The summed E-state index contributed by atoms with van der Waals surface area (Å²) >= 11 is 5.84. The van der Waals surface area contributed by atoms with Crippen LogP contribution in [0.4, 0.5) is 5.69 Å². The number of halogens is 1. The Bertz CT molecular complexity index is 840. The molecule has 0 aliphatic heterocycles. The Balaban J connectivity index is 1.71. The minimum absolute atomic E-state index is 0.0362. The number of rotatable bonds is 5. The summed E-state index contributed by atoms with van der Waals surface area (Å²) in [6.07, 6.45) is 1.83. The van der Waals surface area contributed by atoms with Gasteiger partial charge in [0.25, 0.3) is 0 Å². The van der Waals surface area contributed by atoms with Crippen LogP contribution in [0.2, 0.25) is 5.02 Å². The zero-order valence-corrected chi connectivity index (χ0v) is 12.9. The molecule has 0 radical (unpaired) electrons. The second-order valence-electron chi connectivity index (χ2n) is 4.95. The lowest BCUT2D eigenvalue weighted by Crippen LogP contribution is -2.00. The molecule has 3 aromatic rings. The van der Waals surface area contributed by atoms with E-state index in [2.05, 4.69) is 15.3 Å². The van der Waals surface area contributed by atoms with Crippen LogP contribution in [-0.2, 0) is 13.0 Å². The molecule has 0 aliphatic rings. The predicted molar refractivity (Wildman–Crippen MR) is 81.3 cm³/mol. The van der Waals surface area contributed by atoms with Crippen molar-refractivity contribution in [2.45, 2.75) is 19.9 Å². The van der Waals surface area contributed by atoms with Crippen molar-refractivity contribution in [3.05, 3.63) is 68.6 Å². The van der Waals surface area contributed by atoms with Crippen molar-refractivity contribution in [3.8, 4) is 0 Å². The maximum Gasteiger partial charge on any atom is 0.309 e. The van der Waals surface area contributed by atoms with Gasteiger partial charge < -0.3 is 4.42 Å². The summed E-state index contributed by atoms with van der Waals surface area (Å²) in [5.41, 5.74) is 1.30. The minimum Gasteiger partial charge on any atom is -0.423 e. The molecule has 0 bridgehead atoms. The largest absolute Gasteiger partial charge is 0.423 e. The first-order valence-electron chi connectivity index (χ1n) is 6.75. The first-order valence-corrected chi connectivity index (χ1v) is 7.13. The van der Waals surface area contributed by atoms with E-state index in [1.54, 1.807) is 19.1 Å². The highest BCUT2D eigenvalue weighted by atomic mass is 35.5. The maximum atomic E-state index is 10.8. The van der Waals surface area contributed by atoms with Crippen molar-refractivity contribution in [3.63, 3.8) is 0 Å². The highest BCUT2D eigenvalue weighted by molar-refractivity contribution is 6.30. The molecule has 0 saturated carbocycles. The smallest absolute Gasteiger partial charge is 0.309 e. The molecule has 9 heteroatoms. The van der Waals surface area contributed by atoms with Crippen LogP contribution < -0.4 is 0 Å². The summed E-state index contributed by atoms with van der Waals surface area (Å²) in [6.45, 7) is 1.76. The van der Waals surface area contributed by atoms with Crippen LogP contribution in [-0.4, -0.2) is 24.9 Å². The van der Waals surface area contributed by atoms with Gasteiger partial charge in [0.1, 0.15) is 18.4 Å². The topological polar surface area (TPSA) is 99.9 Å². The molecular weight excluding hydrogens is 322 g/mol. The van der Waals surface area contributed by atoms with Crippen molar-refractivity contribution in [1.29, 1.82) is 0 Å². The van der Waals surface area contributed by atoms with Gasteiger partial charge >= 0.3 is 5.69 Å². The van der Waals surface area contributed by atoms with E-state index < -0.39 is 4.92 Å². The van der Waals surface area contributed by atoms with Gasteiger partial charge in [0.2, 0.25) is 11.8 Å². The fourth-order valence-electron chi connectivity index (χ4n) is 2.11. The summed E-state index contributed by atoms with van der Waals surface area (Å²) in [5.74, 6) is 0.798. The van der Waals surface area contributed by atoms with Crippen LogP contribution in [0.1, 0.15) is 23.0 Å². The number of aryl methyl sites for hydroxylation is 1. The predicted octanol–water partition coefficient (Wildman–Crippen LogP) is 2.78. The maximum absolute atomic E-state index is 10.8. The molecule has 2 heterocycles. The average molecular weight is 334 g/mol. The molecule has 0 aliphatic carbocycles. The monoisotopic (exact) mass is 333 g/mol. The van der Waals surface area contributed by atoms with Gasteiger partial charge in [0.15, 0.2) is 0 Å². The number of hydrogen-bond donors (Lipinski definition) is 0. The number of benzene rings is 1. The molecule has 0 fully saturated rings. The van der Waals surface area contributed by atoms with Gasteiger partial charge in [0.05, 0.1) is 11.3 Å². The van der Waals surface area contributed by atoms with E-state index >= 15 is 0 Å². The molecule has 118 valence electrons. The van der Waals surface area contributed by atoms with Crippen LogP contribution in [0, 0.1) is 17.0 Å². The fourth-order valence-corrected chi connectivity index (χ4v) is 2.23. The van der Waals surface area contributed by atoms with Crippen LogP contribution >= 0.6 is 11.6 Å². The van der Waals surface area contributed by atoms with Gasteiger partial charge in [-0.25, -0.2) is 0 Å². The first-order chi connectivity index (χ1) is 11.0. The Hall–Kier alpha value is -2.74. The lowest BCUT2D eigenvalue weighted by atomic mass is 10.1. The summed E-state index contributed by atoms with van der Waals surface area (Å²) in [4.78, 5) is 10.3. The molecule has 8 nitrogen and oxygen atoms in total. The van der Waals surface area contributed by atoms with Gasteiger partial charge in [-0.15, -0.1) is 10.2 Å². The highest BCUT2D eigenvalue weighted by Crippen LogP contribution is 2.17. The van der Waals surface area contributed by atoms with Gasteiger partial charge in [-0.1, -0.05) is 23.7 Å². The third kappa shape index (κ3) is 3.54. The van der Waals surface area contributed by atoms with Crippen LogP contribution in [0.5, 0.6) is 0 Å². The number of nitro groups is 1. The van der Waals surface area contributed by atoms with Crippen LogP contribution in [0.25, 0.3) is 0 Å². The van der Waals surface area contributed by atoms with E-state index in [1.807, 2.05) is 12.1 Å². The second-order valence-corrected chi connectivity index (χ2v) is 5.38. The molecule has 0 atom stereocenters. The second kappa shape index (κ2) is 6.17. The van der Waals surface area contributed by atoms with E-state index in [9.17, 15) is 10.1 Å². The lowest BCUT2D eigenvalue weighted by molar-refractivity contribution is -0.385. The van der Waals surface area contributed by atoms with Crippen molar-refractivity contribution in [1.82, 2.24) is 20.0 Å². The van der Waals surface area contributed by atoms with Gasteiger partial charge in [-0.3, -0.25) is 14.8 Å². The molecule has 0 saturated heterocycles. The zero-order chi connectivity index (χ0) is 16.4. The molecular formula is C14H12ClN5O3. The normalized spacial score (nSPS) is 10.9. The van der Waals surface area contributed by atoms with Gasteiger partial charge in [-0.2, -0.15) is 5.10 Å². The van der Waals surface area contributed by atoms with E-state index in [4.69, 9.17) is 16.0 Å². The summed E-state index contributed by atoms with van der Waals surface area (Å²) in [6, 6.07) is 7.35. The Labute approximate surface area is 135 Å². The Kier molecular flexibility index (Phi) is 4.07. The molecule has 0 spiro atoms. The molecule has 0 N–H and O–H groups in total. The van der Waals surface area contributed by atoms with E-state index in [1.165, 1.54) is 10.9 Å². The van der Waals surface area contributed by atoms with Crippen LogP contribution in [0.15, 0.2) is 34.9 Å². The quantitative estimate of drug-likeness (QED) is 0.525. The molecule has 1 aromatic carbocycles. The molecule has 0 unspecified atom stereocenters. The molecule has 23 heavy (non-hydrogen) atoms. The van der Waals surface area contributed by atoms with E-state index in [0.717, 1.165) is 5.56 Å². The summed E-state index contributed by atoms with van der Waals surface area (Å²) in [5, 5.41) is 23.4. The minimum atomic E-state index is -0.474. The van der Waals surface area contributed by atoms with E-state index in [-0.39, 0.29) is 12.2 Å². The summed E-state index contributed by atoms with van der Waals surface area (Å²) < 4.78 is 6.96. The molecule has 3 rings (SSSR count). The van der Waals surface area contributed by atoms with E-state index in [0.29, 0.717) is 28.9 Å². The summed E-state index contributed by atoms with van der Waals surface area (Å²) in [7, 11) is 0. The average Bonchev–Trinajstić information content (AvgIpc) is 3.08. The highest BCUT2D eigenvalue weighted by Gasteiger charge is 2.17. The van der Waals surface area contributed by atoms with Gasteiger partial charge in [0, 0.05) is 5.02 Å². The Morgan fingerprint density at radius 2 is 1.96 bits per heavy atom.